The van der Waals surface area contributed by atoms with Crippen molar-refractivity contribution in [2.45, 2.75) is 17.6 Å². The quantitative estimate of drug-likeness (QED) is 0.385. The minimum absolute atomic E-state index is 0.574. The average molecular weight is 691 g/mol. The van der Waals surface area contributed by atoms with Crippen LogP contribution in [0.2, 0.25) is 0 Å². The van der Waals surface area contributed by atoms with Crippen LogP contribution in [0.1, 0.15) is 11.3 Å². The molecule has 1 aliphatic rings. The number of allylic oxidation sites excluding steroid dienone is 1. The van der Waals surface area contributed by atoms with Crippen LogP contribution >= 0.6 is 95.6 Å². The molecule has 22 heavy (non-hydrogen) atoms. The van der Waals surface area contributed by atoms with Crippen LogP contribution in [0.25, 0.3) is 0 Å². The number of hydrogen-bond acceptors (Lipinski definition) is 4. The molecule has 120 valence electrons. The van der Waals surface area contributed by atoms with Crippen molar-refractivity contribution in [3.05, 3.63) is 35.6 Å². The van der Waals surface area contributed by atoms with Crippen molar-refractivity contribution in [2.75, 3.05) is 0 Å². The second kappa shape index (κ2) is 7.51. The van der Waals surface area contributed by atoms with Gasteiger partial charge in [0.05, 0.1) is 6.26 Å². The van der Waals surface area contributed by atoms with Gasteiger partial charge < -0.3 is 9.73 Å². The molecule has 10 heteroatoms. The van der Waals surface area contributed by atoms with Crippen LogP contribution in [-0.4, -0.2) is 16.0 Å². The predicted molar refractivity (Wildman–Crippen MR) is 112 cm³/mol. The van der Waals surface area contributed by atoms with Gasteiger partial charge in [-0.05, 0) is 24.6 Å². The standard InChI is InChI=1S/C12H9Br6N3O/c1-6-4-5-22-7(6)2-3-8-19-9(11(13,14)15)21-10(20-8)12(16,17)18/h3-5H,2H2,1H3,(H,19,20,21). The van der Waals surface area contributed by atoms with E-state index >= 15 is 0 Å². The molecular formula is C12H9Br6N3O. The van der Waals surface area contributed by atoms with Gasteiger partial charge in [0.2, 0.25) is 0 Å². The van der Waals surface area contributed by atoms with Crippen molar-refractivity contribution in [3.8, 4) is 0 Å². The molecule has 0 fully saturated rings. The van der Waals surface area contributed by atoms with Gasteiger partial charge in [0.15, 0.2) is 10.1 Å². The molecule has 1 N–H and O–H groups in total. The lowest BCUT2D eigenvalue weighted by atomic mass is 10.2. The van der Waals surface area contributed by atoms with Gasteiger partial charge in [0.25, 0.3) is 0 Å². The Balaban J connectivity index is 2.33. The molecule has 0 radical (unpaired) electrons. The number of halogens is 6. The van der Waals surface area contributed by atoms with Crippen LogP contribution < -0.4 is 5.32 Å². The summed E-state index contributed by atoms with van der Waals surface area (Å²) in [4.78, 5) is 8.96. The van der Waals surface area contributed by atoms with E-state index in [4.69, 9.17) is 4.42 Å². The number of nitrogens with zero attached hydrogens (tertiary/aromatic N) is 2. The highest BCUT2D eigenvalue weighted by molar-refractivity contribution is 9.40. The van der Waals surface area contributed by atoms with Crippen LogP contribution in [0.3, 0.4) is 0 Å². The van der Waals surface area contributed by atoms with Crippen molar-refractivity contribution < 1.29 is 4.42 Å². The summed E-state index contributed by atoms with van der Waals surface area (Å²) in [5.74, 6) is 2.69. The molecule has 0 amide bonds. The van der Waals surface area contributed by atoms with E-state index in [2.05, 4.69) is 111 Å². The number of furan rings is 1. The number of rotatable bonds is 2. The molecule has 0 saturated heterocycles. The fourth-order valence-corrected chi connectivity index (χ4v) is 2.71. The summed E-state index contributed by atoms with van der Waals surface area (Å²) in [6.07, 6.45) is 4.20. The molecule has 0 unspecified atom stereocenters. The minimum atomic E-state index is -0.674. The van der Waals surface area contributed by atoms with E-state index in [-0.39, 0.29) is 0 Å². The van der Waals surface area contributed by atoms with Gasteiger partial charge in [-0.3, -0.25) is 0 Å². The summed E-state index contributed by atoms with van der Waals surface area (Å²) >= 11 is 20.7. The molecule has 0 aliphatic carbocycles. The van der Waals surface area contributed by atoms with Crippen LogP contribution in [0, 0.1) is 6.92 Å². The molecule has 1 aromatic rings. The highest BCUT2D eigenvalue weighted by Crippen LogP contribution is 2.39. The maximum absolute atomic E-state index is 5.43. The van der Waals surface area contributed by atoms with Gasteiger partial charge in [0.1, 0.15) is 17.4 Å². The number of aryl methyl sites for hydroxylation is 1. The second-order valence-corrected chi connectivity index (χ2v) is 17.9. The van der Waals surface area contributed by atoms with Gasteiger partial charge in [-0.25, -0.2) is 9.98 Å². The Morgan fingerprint density at radius 2 is 1.64 bits per heavy atom. The Morgan fingerprint density at radius 3 is 2.05 bits per heavy atom. The van der Waals surface area contributed by atoms with E-state index in [0.717, 1.165) is 11.3 Å². The van der Waals surface area contributed by atoms with Crippen molar-refractivity contribution in [1.82, 2.24) is 5.32 Å². The Kier molecular flexibility index (Phi) is 6.61. The third-order valence-electron chi connectivity index (χ3n) is 2.66. The van der Waals surface area contributed by atoms with E-state index < -0.39 is 4.29 Å². The zero-order valence-corrected chi connectivity index (χ0v) is 20.5. The monoisotopic (exact) mass is 685 g/mol. The van der Waals surface area contributed by atoms with E-state index in [1.807, 2.05) is 19.1 Å². The molecule has 1 aliphatic heterocycles. The Labute approximate surface area is 178 Å². The molecule has 0 bridgehead atoms. The molecule has 1 aromatic heterocycles. The predicted octanol–water partition coefficient (Wildman–Crippen LogP) is 6.05. The van der Waals surface area contributed by atoms with Gasteiger partial charge in [0, 0.05) is 6.42 Å². The minimum Gasteiger partial charge on any atom is -0.469 e. The number of nitrogens with one attached hydrogen (secondary N) is 1. The molecule has 0 atom stereocenters. The summed E-state index contributed by atoms with van der Waals surface area (Å²) in [7, 11) is 0. The second-order valence-electron chi connectivity index (χ2n) is 4.33. The fourth-order valence-electron chi connectivity index (χ4n) is 1.58. The average Bonchev–Trinajstić information content (AvgIpc) is 2.79. The fraction of sp³-hybridized carbons (Fsp3) is 0.333. The lowest BCUT2D eigenvalue weighted by Gasteiger charge is -2.26. The number of aliphatic imine (C=N–C) groups is 2. The molecule has 0 spiro atoms. The van der Waals surface area contributed by atoms with E-state index in [1.54, 1.807) is 6.26 Å². The van der Waals surface area contributed by atoms with Crippen molar-refractivity contribution in [2.24, 2.45) is 9.98 Å². The topological polar surface area (TPSA) is 49.9 Å². The lowest BCUT2D eigenvalue weighted by molar-refractivity contribution is 0.520. The number of alkyl halides is 6. The first-order valence-electron chi connectivity index (χ1n) is 5.89. The molecule has 4 nitrogen and oxygen atoms in total. The number of amidine groups is 2. The summed E-state index contributed by atoms with van der Waals surface area (Å²) in [6, 6.07) is 1.93. The van der Waals surface area contributed by atoms with Crippen LogP contribution in [0.5, 0.6) is 0 Å². The first kappa shape index (κ1) is 19.4. The maximum Gasteiger partial charge on any atom is 0.192 e. The summed E-state index contributed by atoms with van der Waals surface area (Å²) in [5.41, 5.74) is 1.10. The van der Waals surface area contributed by atoms with Gasteiger partial charge in [-0.1, -0.05) is 95.6 Å². The molecular weight excluding hydrogens is 682 g/mol. The molecule has 2 heterocycles. The Morgan fingerprint density at radius 1 is 1.09 bits per heavy atom. The van der Waals surface area contributed by atoms with Crippen molar-refractivity contribution in [1.29, 1.82) is 0 Å². The summed E-state index contributed by atoms with van der Waals surface area (Å²) in [6.45, 7) is 2.00. The zero-order valence-electron chi connectivity index (χ0n) is 11.0. The third kappa shape index (κ3) is 5.27. The summed E-state index contributed by atoms with van der Waals surface area (Å²) in [5, 5.41) is 3.12. The smallest absolute Gasteiger partial charge is 0.192 e. The van der Waals surface area contributed by atoms with E-state index in [0.29, 0.717) is 23.9 Å². The van der Waals surface area contributed by atoms with Gasteiger partial charge in [-0.15, -0.1) is 0 Å². The van der Waals surface area contributed by atoms with E-state index in [9.17, 15) is 0 Å². The Bertz CT molecular complexity index is 619. The van der Waals surface area contributed by atoms with E-state index in [1.165, 1.54) is 0 Å². The largest absolute Gasteiger partial charge is 0.469 e. The number of hydrogen-bond donors (Lipinski definition) is 1. The lowest BCUT2D eigenvalue weighted by Crippen LogP contribution is -2.45. The maximum atomic E-state index is 5.43. The van der Waals surface area contributed by atoms with Crippen LogP contribution in [0.15, 0.2) is 38.6 Å². The first-order chi connectivity index (χ1) is 10.1. The molecule has 2 rings (SSSR count). The highest BCUT2D eigenvalue weighted by Gasteiger charge is 2.35. The first-order valence-corrected chi connectivity index (χ1v) is 10.6. The molecule has 0 aromatic carbocycles. The van der Waals surface area contributed by atoms with Crippen LogP contribution in [0.4, 0.5) is 0 Å². The SMILES string of the molecule is Cc1ccoc1CC=C1N=C(C(Br)(Br)Br)NC(C(Br)(Br)Br)=N1. The highest BCUT2D eigenvalue weighted by atomic mass is 80.0. The van der Waals surface area contributed by atoms with Gasteiger partial charge in [-0.2, -0.15) is 0 Å². The van der Waals surface area contributed by atoms with Crippen molar-refractivity contribution >= 4 is 107 Å². The van der Waals surface area contributed by atoms with Crippen molar-refractivity contribution in [3.63, 3.8) is 0 Å². The Hall–Kier alpha value is 1.04. The van der Waals surface area contributed by atoms with Crippen LogP contribution in [-0.2, 0) is 6.42 Å². The zero-order chi connectivity index (χ0) is 16.5. The normalized spacial score (nSPS) is 16.0. The third-order valence-corrected chi connectivity index (χ3v) is 4.92. The summed E-state index contributed by atoms with van der Waals surface area (Å²) < 4.78 is 4.08. The van der Waals surface area contributed by atoms with Gasteiger partial charge >= 0.3 is 0 Å². The molecule has 0 saturated carbocycles.